The van der Waals surface area contributed by atoms with E-state index in [-0.39, 0.29) is 5.91 Å². The van der Waals surface area contributed by atoms with E-state index in [4.69, 9.17) is 27.6 Å². The van der Waals surface area contributed by atoms with Crippen molar-refractivity contribution in [2.75, 3.05) is 0 Å². The van der Waals surface area contributed by atoms with Crippen LogP contribution in [0.25, 0.3) is 17.4 Å². The minimum atomic E-state index is -0.248. The lowest BCUT2D eigenvalue weighted by molar-refractivity contribution is -0.115. The first kappa shape index (κ1) is 19.3. The Hall–Kier alpha value is -1.99. The molecule has 0 bridgehead atoms. The highest BCUT2D eigenvalue weighted by Gasteiger charge is 2.24. The zero-order valence-corrected chi connectivity index (χ0v) is 18.0. The second-order valence-electron chi connectivity index (χ2n) is 5.77. The number of hydrogen-bond donors (Lipinski definition) is 1. The summed E-state index contributed by atoms with van der Waals surface area (Å²) in [7, 11) is 0. The van der Waals surface area contributed by atoms with Gasteiger partial charge in [-0.25, -0.2) is 4.99 Å². The van der Waals surface area contributed by atoms with Gasteiger partial charge in [-0.3, -0.25) is 4.79 Å². The van der Waals surface area contributed by atoms with Crippen LogP contribution in [0, 0.1) is 0 Å². The Morgan fingerprint density at radius 3 is 2.75 bits per heavy atom. The molecule has 1 aromatic heterocycles. The van der Waals surface area contributed by atoms with Crippen LogP contribution in [0.15, 0.2) is 73.4 Å². The van der Waals surface area contributed by atoms with Crippen LogP contribution in [0.4, 0.5) is 5.69 Å². The van der Waals surface area contributed by atoms with Gasteiger partial charge in [-0.1, -0.05) is 57.3 Å². The van der Waals surface area contributed by atoms with Gasteiger partial charge in [-0.2, -0.15) is 0 Å². The number of rotatable bonds is 3. The third kappa shape index (κ3) is 4.20. The summed E-state index contributed by atoms with van der Waals surface area (Å²) in [6.07, 6.45) is 1.68. The van der Waals surface area contributed by atoms with Gasteiger partial charge in [0.15, 0.2) is 5.17 Å². The first-order valence-corrected chi connectivity index (χ1v) is 10.5. The number of furan rings is 1. The van der Waals surface area contributed by atoms with Gasteiger partial charge >= 0.3 is 0 Å². The minimum absolute atomic E-state index is 0.248. The largest absolute Gasteiger partial charge is 0.457 e. The second-order valence-corrected chi connectivity index (χ2v) is 8.50. The van der Waals surface area contributed by atoms with Crippen LogP contribution < -0.4 is 5.32 Å². The maximum absolute atomic E-state index is 12.3. The van der Waals surface area contributed by atoms with Gasteiger partial charge < -0.3 is 9.73 Å². The predicted octanol–water partition coefficient (Wildman–Crippen LogP) is 6.91. The molecule has 0 radical (unpaired) electrons. The molecule has 1 aliphatic rings. The number of hydrogen-bond acceptors (Lipinski definition) is 4. The Morgan fingerprint density at radius 1 is 1.11 bits per heavy atom. The van der Waals surface area contributed by atoms with E-state index in [0.29, 0.717) is 31.6 Å². The summed E-state index contributed by atoms with van der Waals surface area (Å²) in [5, 5.41) is 3.90. The molecular formula is C20H11BrCl2N2O2S. The number of carbonyl (C=O) groups is 1. The first-order valence-electron chi connectivity index (χ1n) is 8.09. The van der Waals surface area contributed by atoms with Crippen molar-refractivity contribution in [1.29, 1.82) is 0 Å². The van der Waals surface area contributed by atoms with Crippen LogP contribution in [0.1, 0.15) is 5.76 Å². The van der Waals surface area contributed by atoms with Crippen LogP contribution in [0.3, 0.4) is 0 Å². The van der Waals surface area contributed by atoms with Crippen LogP contribution >= 0.6 is 50.9 Å². The van der Waals surface area contributed by atoms with Crippen molar-refractivity contribution in [3.8, 4) is 11.3 Å². The Morgan fingerprint density at radius 2 is 1.93 bits per heavy atom. The van der Waals surface area contributed by atoms with Crippen molar-refractivity contribution in [2.24, 2.45) is 4.99 Å². The topological polar surface area (TPSA) is 54.6 Å². The third-order valence-electron chi connectivity index (χ3n) is 3.81. The van der Waals surface area contributed by atoms with Crippen LogP contribution in [0.2, 0.25) is 10.0 Å². The molecule has 1 saturated heterocycles. The first-order chi connectivity index (χ1) is 13.5. The lowest BCUT2D eigenvalue weighted by atomic mass is 10.2. The van der Waals surface area contributed by atoms with Crippen molar-refractivity contribution in [2.45, 2.75) is 0 Å². The van der Waals surface area contributed by atoms with E-state index in [1.807, 2.05) is 36.4 Å². The molecule has 1 fully saturated rings. The number of amidine groups is 1. The fourth-order valence-electron chi connectivity index (χ4n) is 2.53. The summed E-state index contributed by atoms with van der Waals surface area (Å²) in [6, 6.07) is 16.6. The molecule has 0 aliphatic carbocycles. The standard InChI is InChI=1S/C20H11BrCl2N2O2S/c21-12-4-1-3-11(9-12)16-8-7-13(27-16)10-17-19(26)25-20(28-17)24-15-6-2-5-14(22)18(15)23/h1-10H,(H,24,25,26)/b17-10+. The summed E-state index contributed by atoms with van der Waals surface area (Å²) in [6.45, 7) is 0. The van der Waals surface area contributed by atoms with Crippen LogP contribution in [-0.2, 0) is 4.79 Å². The molecule has 8 heteroatoms. The van der Waals surface area contributed by atoms with Gasteiger partial charge in [-0.05, 0) is 48.2 Å². The molecule has 2 aromatic carbocycles. The average Bonchev–Trinajstić information content (AvgIpc) is 3.26. The molecule has 0 spiro atoms. The summed E-state index contributed by atoms with van der Waals surface area (Å²) in [5.74, 6) is 1.05. The molecule has 4 nitrogen and oxygen atoms in total. The van der Waals surface area contributed by atoms with E-state index in [0.717, 1.165) is 15.8 Å². The minimum Gasteiger partial charge on any atom is -0.457 e. The highest BCUT2D eigenvalue weighted by Crippen LogP contribution is 2.35. The van der Waals surface area contributed by atoms with E-state index in [2.05, 4.69) is 26.2 Å². The predicted molar refractivity (Wildman–Crippen MR) is 119 cm³/mol. The van der Waals surface area contributed by atoms with Gasteiger partial charge in [0.2, 0.25) is 0 Å². The molecule has 1 amide bonds. The molecule has 140 valence electrons. The fraction of sp³-hybridized carbons (Fsp3) is 0. The molecule has 1 aliphatic heterocycles. The van der Waals surface area contributed by atoms with Crippen LogP contribution in [0.5, 0.6) is 0 Å². The van der Waals surface area contributed by atoms with Gasteiger partial charge in [0.25, 0.3) is 5.91 Å². The molecule has 4 rings (SSSR count). The Bertz CT molecular complexity index is 1140. The zero-order valence-electron chi connectivity index (χ0n) is 14.1. The van der Waals surface area contributed by atoms with E-state index in [9.17, 15) is 4.79 Å². The Balaban J connectivity index is 1.57. The van der Waals surface area contributed by atoms with Crippen molar-refractivity contribution in [3.63, 3.8) is 0 Å². The maximum Gasteiger partial charge on any atom is 0.264 e. The molecule has 2 heterocycles. The van der Waals surface area contributed by atoms with E-state index in [1.54, 1.807) is 24.3 Å². The SMILES string of the molecule is O=C1NC(=Nc2cccc(Cl)c2Cl)S/C1=C/c1ccc(-c2cccc(Br)c2)o1. The quantitative estimate of drug-likeness (QED) is 0.403. The number of thioether (sulfide) groups is 1. The molecule has 0 saturated carbocycles. The van der Waals surface area contributed by atoms with Crippen molar-refractivity contribution < 1.29 is 9.21 Å². The fourth-order valence-corrected chi connectivity index (χ4v) is 4.08. The number of aliphatic imine (C=N–C) groups is 1. The number of amides is 1. The van der Waals surface area contributed by atoms with Crippen molar-refractivity contribution >= 4 is 73.7 Å². The molecule has 1 N–H and O–H groups in total. The van der Waals surface area contributed by atoms with Crippen LogP contribution in [-0.4, -0.2) is 11.1 Å². The summed E-state index contributed by atoms with van der Waals surface area (Å²) in [4.78, 5) is 17.1. The van der Waals surface area contributed by atoms with E-state index in [1.165, 1.54) is 11.8 Å². The molecule has 0 unspecified atom stereocenters. The monoisotopic (exact) mass is 492 g/mol. The number of nitrogens with zero attached hydrogens (tertiary/aromatic N) is 1. The highest BCUT2D eigenvalue weighted by atomic mass is 79.9. The van der Waals surface area contributed by atoms with E-state index < -0.39 is 0 Å². The zero-order chi connectivity index (χ0) is 19.7. The highest BCUT2D eigenvalue weighted by molar-refractivity contribution is 9.10. The van der Waals surface area contributed by atoms with E-state index >= 15 is 0 Å². The Kier molecular flexibility index (Phi) is 5.64. The number of nitrogens with one attached hydrogen (secondary N) is 1. The Labute approximate surface area is 183 Å². The van der Waals surface area contributed by atoms with Crippen molar-refractivity contribution in [3.05, 3.63) is 79.8 Å². The summed E-state index contributed by atoms with van der Waals surface area (Å²) < 4.78 is 6.82. The lowest BCUT2D eigenvalue weighted by Gasteiger charge is -2.00. The van der Waals surface area contributed by atoms with Gasteiger partial charge in [0.1, 0.15) is 11.5 Å². The molecule has 3 aromatic rings. The maximum atomic E-state index is 12.3. The summed E-state index contributed by atoms with van der Waals surface area (Å²) in [5.41, 5.74) is 1.44. The molecule has 0 atom stereocenters. The third-order valence-corrected chi connectivity index (χ3v) is 6.03. The summed E-state index contributed by atoms with van der Waals surface area (Å²) >= 11 is 16.8. The normalized spacial score (nSPS) is 16.8. The molecular weight excluding hydrogens is 483 g/mol. The van der Waals surface area contributed by atoms with Gasteiger partial charge in [0, 0.05) is 16.1 Å². The smallest absolute Gasteiger partial charge is 0.264 e. The number of benzene rings is 2. The molecule has 28 heavy (non-hydrogen) atoms. The van der Waals surface area contributed by atoms with Crippen molar-refractivity contribution in [1.82, 2.24) is 5.32 Å². The lowest BCUT2D eigenvalue weighted by Crippen LogP contribution is -2.19. The van der Waals surface area contributed by atoms with Gasteiger partial charge in [-0.15, -0.1) is 0 Å². The second kappa shape index (κ2) is 8.17. The number of halogens is 3. The average molecular weight is 494 g/mol. The van der Waals surface area contributed by atoms with Gasteiger partial charge in [0.05, 0.1) is 20.6 Å². The number of carbonyl (C=O) groups excluding carboxylic acids is 1.